The fourth-order valence-corrected chi connectivity index (χ4v) is 2.93. The summed E-state index contributed by atoms with van der Waals surface area (Å²) < 4.78 is 0. The van der Waals surface area contributed by atoms with Gasteiger partial charge in [0.15, 0.2) is 0 Å². The van der Waals surface area contributed by atoms with E-state index < -0.39 is 0 Å². The Balaban J connectivity index is 1.75. The lowest BCUT2D eigenvalue weighted by Crippen LogP contribution is -2.38. The van der Waals surface area contributed by atoms with Crippen molar-refractivity contribution in [3.8, 4) is 11.8 Å². The van der Waals surface area contributed by atoms with Gasteiger partial charge >= 0.3 is 0 Å². The van der Waals surface area contributed by atoms with Crippen LogP contribution in [0, 0.1) is 17.8 Å². The van der Waals surface area contributed by atoms with Crippen molar-refractivity contribution in [3.63, 3.8) is 0 Å². The average molecular weight is 345 g/mol. The topological polar surface area (TPSA) is 23.6 Å². The summed E-state index contributed by atoms with van der Waals surface area (Å²) >= 11 is 5.87. The number of hydrogen-bond donors (Lipinski definition) is 0. The molecule has 0 bridgehead atoms. The fourth-order valence-electron chi connectivity index (χ4n) is 2.81. The van der Waals surface area contributed by atoms with Crippen molar-refractivity contribution in [1.82, 2.24) is 9.80 Å². The van der Waals surface area contributed by atoms with Gasteiger partial charge in [0.05, 0.1) is 6.54 Å². The number of likely N-dealkylation sites (N-methyl/N-ethyl adjacent to an activating group) is 1. The lowest BCUT2D eigenvalue weighted by Gasteiger charge is -2.31. The number of carbonyl (C=O) groups excluding carboxylic acids is 1. The van der Waals surface area contributed by atoms with Crippen LogP contribution in [0.4, 0.5) is 0 Å². The molecule has 24 heavy (non-hydrogen) atoms. The van der Waals surface area contributed by atoms with Gasteiger partial charge in [0, 0.05) is 36.6 Å². The molecule has 0 atom stereocenters. The molecule has 1 aliphatic heterocycles. The van der Waals surface area contributed by atoms with Crippen LogP contribution < -0.4 is 0 Å². The van der Waals surface area contributed by atoms with Crippen LogP contribution >= 0.6 is 11.6 Å². The molecule has 1 amide bonds. The van der Waals surface area contributed by atoms with Crippen molar-refractivity contribution in [2.45, 2.75) is 19.3 Å². The quantitative estimate of drug-likeness (QED) is 0.600. The highest BCUT2D eigenvalue weighted by Gasteiger charge is 2.23. The summed E-state index contributed by atoms with van der Waals surface area (Å²) in [4.78, 5) is 16.5. The van der Waals surface area contributed by atoms with Gasteiger partial charge in [-0.2, -0.15) is 0 Å². The highest BCUT2D eigenvalue weighted by Crippen LogP contribution is 2.22. The number of benzene rings is 1. The number of amides is 1. The molecular formula is C20H25ClN2O. The summed E-state index contributed by atoms with van der Waals surface area (Å²) in [7, 11) is 2.04. The van der Waals surface area contributed by atoms with Crippen LogP contribution in [0.5, 0.6) is 0 Å². The van der Waals surface area contributed by atoms with E-state index in [0.29, 0.717) is 16.5 Å². The predicted molar refractivity (Wildman–Crippen MR) is 100 cm³/mol. The fraction of sp³-hybridized carbons (Fsp3) is 0.450. The van der Waals surface area contributed by atoms with E-state index >= 15 is 0 Å². The number of piperidine rings is 1. The van der Waals surface area contributed by atoms with Gasteiger partial charge in [-0.25, -0.2) is 0 Å². The summed E-state index contributed by atoms with van der Waals surface area (Å²) in [6.45, 7) is 6.98. The standard InChI is InChI=1S/C20H25ClN2O/c1-3-13-22(2)14-5-4-6-17-11-15-23(16-12-17)20(24)18-7-9-19(21)10-8-18/h3,7-10,17H,1,6,11-16H2,2H3. The number of likely N-dealkylation sites (tertiary alicyclic amines) is 1. The van der Waals surface area contributed by atoms with Gasteiger partial charge in [-0.3, -0.25) is 9.69 Å². The molecule has 1 fully saturated rings. The van der Waals surface area contributed by atoms with Gasteiger partial charge in [-0.1, -0.05) is 23.6 Å². The van der Waals surface area contributed by atoms with Crippen LogP contribution in [0.15, 0.2) is 36.9 Å². The smallest absolute Gasteiger partial charge is 0.253 e. The maximum atomic E-state index is 12.5. The first-order chi connectivity index (χ1) is 11.6. The Morgan fingerprint density at radius 2 is 2.00 bits per heavy atom. The van der Waals surface area contributed by atoms with Gasteiger partial charge in [0.2, 0.25) is 0 Å². The van der Waals surface area contributed by atoms with Crippen LogP contribution in [-0.4, -0.2) is 48.9 Å². The van der Waals surface area contributed by atoms with Crippen LogP contribution in [0.3, 0.4) is 0 Å². The molecule has 1 saturated heterocycles. The van der Waals surface area contributed by atoms with E-state index in [1.54, 1.807) is 24.3 Å². The van der Waals surface area contributed by atoms with E-state index in [2.05, 4.69) is 23.3 Å². The largest absolute Gasteiger partial charge is 0.339 e. The van der Waals surface area contributed by atoms with Gasteiger partial charge in [0.25, 0.3) is 5.91 Å². The van der Waals surface area contributed by atoms with E-state index in [9.17, 15) is 4.79 Å². The lowest BCUT2D eigenvalue weighted by atomic mass is 9.93. The average Bonchev–Trinajstić information content (AvgIpc) is 2.60. The molecule has 1 aromatic carbocycles. The Labute approximate surface area is 150 Å². The van der Waals surface area contributed by atoms with E-state index in [0.717, 1.165) is 45.4 Å². The molecule has 2 rings (SSSR count). The predicted octanol–water partition coefficient (Wildman–Crippen LogP) is 3.70. The van der Waals surface area contributed by atoms with Gasteiger partial charge in [0.1, 0.15) is 0 Å². The molecular weight excluding hydrogens is 320 g/mol. The Morgan fingerprint density at radius 1 is 1.33 bits per heavy atom. The van der Waals surface area contributed by atoms with Crippen molar-refractivity contribution < 1.29 is 4.79 Å². The zero-order valence-electron chi connectivity index (χ0n) is 14.3. The molecule has 3 nitrogen and oxygen atoms in total. The first-order valence-electron chi connectivity index (χ1n) is 8.40. The second kappa shape index (κ2) is 9.52. The second-order valence-corrected chi connectivity index (χ2v) is 6.72. The summed E-state index contributed by atoms with van der Waals surface area (Å²) in [6.07, 6.45) is 4.85. The molecule has 128 valence electrons. The van der Waals surface area contributed by atoms with Crippen molar-refractivity contribution in [2.75, 3.05) is 33.2 Å². The van der Waals surface area contributed by atoms with Crippen molar-refractivity contribution in [2.24, 2.45) is 5.92 Å². The highest BCUT2D eigenvalue weighted by atomic mass is 35.5. The van der Waals surface area contributed by atoms with Crippen molar-refractivity contribution in [1.29, 1.82) is 0 Å². The third-order valence-electron chi connectivity index (χ3n) is 4.30. The summed E-state index contributed by atoms with van der Waals surface area (Å²) in [5, 5.41) is 0.655. The Kier molecular flexibility index (Phi) is 7.36. The Morgan fingerprint density at radius 3 is 2.62 bits per heavy atom. The summed E-state index contributed by atoms with van der Waals surface area (Å²) in [5.41, 5.74) is 0.711. The number of hydrogen-bond acceptors (Lipinski definition) is 2. The van der Waals surface area contributed by atoms with E-state index in [4.69, 9.17) is 11.6 Å². The number of carbonyl (C=O) groups is 1. The highest BCUT2D eigenvalue weighted by molar-refractivity contribution is 6.30. The van der Waals surface area contributed by atoms with Gasteiger partial charge in [-0.05, 0) is 50.1 Å². The SMILES string of the molecule is C=CCN(C)CC#CCC1CCN(C(=O)c2ccc(Cl)cc2)CC1. The minimum Gasteiger partial charge on any atom is -0.339 e. The summed E-state index contributed by atoms with van der Waals surface area (Å²) in [6, 6.07) is 7.12. The Hall–Kier alpha value is -1.76. The third kappa shape index (κ3) is 5.70. The Bertz CT molecular complexity index is 607. The zero-order chi connectivity index (χ0) is 17.4. The minimum atomic E-state index is 0.0993. The number of halogens is 1. The van der Waals surface area contributed by atoms with Crippen LogP contribution in [-0.2, 0) is 0 Å². The maximum Gasteiger partial charge on any atom is 0.253 e. The first-order valence-corrected chi connectivity index (χ1v) is 8.78. The van der Waals surface area contributed by atoms with Crippen LogP contribution in [0.1, 0.15) is 29.6 Å². The van der Waals surface area contributed by atoms with E-state index in [-0.39, 0.29) is 5.91 Å². The number of nitrogens with zero attached hydrogens (tertiary/aromatic N) is 2. The lowest BCUT2D eigenvalue weighted by molar-refractivity contribution is 0.0692. The van der Waals surface area contributed by atoms with Crippen LogP contribution in [0.2, 0.25) is 5.02 Å². The van der Waals surface area contributed by atoms with E-state index in [1.165, 1.54) is 0 Å². The number of rotatable bonds is 5. The minimum absolute atomic E-state index is 0.0993. The monoisotopic (exact) mass is 344 g/mol. The molecule has 1 aromatic rings. The molecule has 0 spiro atoms. The normalized spacial score (nSPS) is 15.0. The molecule has 0 saturated carbocycles. The van der Waals surface area contributed by atoms with E-state index in [1.807, 2.05) is 18.0 Å². The molecule has 0 radical (unpaired) electrons. The summed E-state index contributed by atoms with van der Waals surface area (Å²) in [5.74, 6) is 7.19. The van der Waals surface area contributed by atoms with Crippen LogP contribution in [0.25, 0.3) is 0 Å². The van der Waals surface area contributed by atoms with Gasteiger partial charge < -0.3 is 4.90 Å². The second-order valence-electron chi connectivity index (χ2n) is 6.29. The third-order valence-corrected chi connectivity index (χ3v) is 4.55. The van der Waals surface area contributed by atoms with Gasteiger partial charge in [-0.15, -0.1) is 12.5 Å². The molecule has 0 aromatic heterocycles. The van der Waals surface area contributed by atoms with Crippen molar-refractivity contribution in [3.05, 3.63) is 47.5 Å². The molecule has 0 unspecified atom stereocenters. The van der Waals surface area contributed by atoms with Crippen molar-refractivity contribution >= 4 is 17.5 Å². The zero-order valence-corrected chi connectivity index (χ0v) is 15.1. The molecule has 4 heteroatoms. The first kappa shape index (κ1) is 18.6. The molecule has 1 aliphatic rings. The molecule has 0 aliphatic carbocycles. The molecule has 1 heterocycles. The maximum absolute atomic E-state index is 12.5. The molecule has 0 N–H and O–H groups in total.